The van der Waals surface area contributed by atoms with Crippen molar-refractivity contribution in [3.8, 4) is 11.3 Å². The van der Waals surface area contributed by atoms with Crippen molar-refractivity contribution in [2.24, 2.45) is 0 Å². The number of amides is 2. The molecule has 8 nitrogen and oxygen atoms in total. The van der Waals surface area contributed by atoms with Gasteiger partial charge in [0.2, 0.25) is 11.8 Å². The van der Waals surface area contributed by atoms with E-state index >= 15 is 4.39 Å². The Morgan fingerprint density at radius 3 is 2.43 bits per heavy atom. The number of hydrogen-bond acceptors (Lipinski definition) is 7. The van der Waals surface area contributed by atoms with E-state index in [1.165, 1.54) is 17.7 Å². The molecule has 2 aliphatic heterocycles. The molecule has 11 heteroatoms. The average molecular weight is 721 g/mol. The number of hydrogen-bond donors (Lipinski definition) is 2. The number of nitrogens with zero attached hydrogens (tertiary/aromatic N) is 4. The van der Waals surface area contributed by atoms with Gasteiger partial charge < -0.3 is 5.32 Å². The summed E-state index contributed by atoms with van der Waals surface area (Å²) in [5.74, 6) is -0.122. The molecule has 2 N–H and O–H groups in total. The number of benzene rings is 3. The molecule has 2 amide bonds. The zero-order valence-electron chi connectivity index (χ0n) is 30.3. The maximum Gasteiger partial charge on any atom is 0.264 e. The van der Waals surface area contributed by atoms with Crippen LogP contribution in [0, 0.1) is 26.6 Å². The highest BCUT2D eigenvalue weighted by atomic mass is 19.3. The minimum atomic E-state index is -2.56. The molecule has 2 saturated heterocycles. The molecule has 2 unspecified atom stereocenters. The summed E-state index contributed by atoms with van der Waals surface area (Å²) in [5.41, 5.74) is 7.40. The minimum absolute atomic E-state index is 0.00684. The summed E-state index contributed by atoms with van der Waals surface area (Å²) in [6.45, 7) is 9.67. The molecule has 274 valence electrons. The Morgan fingerprint density at radius 1 is 0.925 bits per heavy atom. The Morgan fingerprint density at radius 2 is 1.70 bits per heavy atom. The highest BCUT2D eigenvalue weighted by Crippen LogP contribution is 2.36. The molecule has 2 fully saturated rings. The van der Waals surface area contributed by atoms with Crippen molar-refractivity contribution in [3.05, 3.63) is 117 Å². The number of fused-ring (bicyclic) bond motifs is 1. The third-order valence-electron chi connectivity index (χ3n) is 11.0. The second-order valence-corrected chi connectivity index (χ2v) is 14.5. The van der Waals surface area contributed by atoms with Gasteiger partial charge >= 0.3 is 0 Å². The van der Waals surface area contributed by atoms with Crippen molar-refractivity contribution >= 4 is 28.4 Å². The van der Waals surface area contributed by atoms with Crippen LogP contribution in [0.15, 0.2) is 66.9 Å². The number of pyridine rings is 1. The average Bonchev–Trinajstić information content (AvgIpc) is 3.14. The monoisotopic (exact) mass is 720 g/mol. The first-order valence-electron chi connectivity index (χ1n) is 18.2. The van der Waals surface area contributed by atoms with Crippen LogP contribution in [0.4, 0.5) is 19.0 Å². The summed E-state index contributed by atoms with van der Waals surface area (Å²) in [6, 6.07) is 17.9. The van der Waals surface area contributed by atoms with E-state index in [4.69, 9.17) is 4.98 Å². The summed E-state index contributed by atoms with van der Waals surface area (Å²) in [7, 11) is 0. The van der Waals surface area contributed by atoms with Crippen molar-refractivity contribution in [2.45, 2.75) is 84.2 Å². The van der Waals surface area contributed by atoms with E-state index in [1.807, 2.05) is 38.1 Å². The Bertz CT molecular complexity index is 2200. The van der Waals surface area contributed by atoms with Gasteiger partial charge in [0.15, 0.2) is 5.82 Å². The number of aryl methyl sites for hydroxylation is 2. The van der Waals surface area contributed by atoms with Crippen LogP contribution >= 0.6 is 0 Å². The summed E-state index contributed by atoms with van der Waals surface area (Å²) < 4.78 is 42.5. The molecule has 53 heavy (non-hydrogen) atoms. The van der Waals surface area contributed by atoms with Crippen LogP contribution in [0.3, 0.4) is 0 Å². The number of rotatable bonds is 9. The van der Waals surface area contributed by atoms with E-state index in [-0.39, 0.29) is 35.2 Å². The van der Waals surface area contributed by atoms with Gasteiger partial charge in [-0.05, 0) is 118 Å². The molecule has 0 radical (unpaired) electrons. The summed E-state index contributed by atoms with van der Waals surface area (Å²) in [5, 5.41) is 16.2. The number of carbonyl (C=O) groups excluding carboxylic acids is 2. The van der Waals surface area contributed by atoms with Crippen molar-refractivity contribution in [1.82, 2.24) is 25.4 Å². The molecule has 0 saturated carbocycles. The molecule has 5 aromatic rings. The fourth-order valence-corrected chi connectivity index (χ4v) is 7.98. The number of piperidine rings is 2. The Labute approximate surface area is 307 Å². The lowest BCUT2D eigenvalue weighted by molar-refractivity contribution is -0.134. The Hall–Kier alpha value is -5.16. The van der Waals surface area contributed by atoms with Gasteiger partial charge in [-0.2, -0.15) is 5.10 Å². The predicted molar refractivity (Wildman–Crippen MR) is 199 cm³/mol. The van der Waals surface area contributed by atoms with Crippen LogP contribution in [0.1, 0.15) is 102 Å². The standard InChI is InChI=1S/C42H43F3N6O2/c1-23-18-28(34-11-13-39(52)48-42(34)53)8-10-31(23)27-14-16-51(17-15-27)22-30-19-29(9-12-37(30)43)38-20-35-36(21-46-38)26(4)49-50-41(35)47-25(3)32-6-5-7-33(24(32)2)40(44)45/h5-10,12,18-21,25,27,34,40H,11,13-17,22H2,1-4H3,(H,47,50)(H,48,52,53). The summed E-state index contributed by atoms with van der Waals surface area (Å²) >= 11 is 0. The van der Waals surface area contributed by atoms with Crippen LogP contribution in [-0.4, -0.2) is 45.0 Å². The van der Waals surface area contributed by atoms with E-state index in [0.717, 1.165) is 59.0 Å². The number of alkyl halides is 2. The Balaban J connectivity index is 1.05. The van der Waals surface area contributed by atoms with Crippen LogP contribution in [0.2, 0.25) is 0 Å². The molecule has 2 atom stereocenters. The molecular weight excluding hydrogens is 677 g/mol. The van der Waals surface area contributed by atoms with E-state index in [9.17, 15) is 18.4 Å². The molecule has 3 aromatic carbocycles. The molecule has 0 aliphatic carbocycles. The first-order chi connectivity index (χ1) is 25.5. The van der Waals surface area contributed by atoms with E-state index in [1.54, 1.807) is 25.3 Å². The molecule has 0 bridgehead atoms. The van der Waals surface area contributed by atoms with Crippen LogP contribution in [-0.2, 0) is 16.1 Å². The lowest BCUT2D eigenvalue weighted by atomic mass is 9.83. The highest BCUT2D eigenvalue weighted by Gasteiger charge is 2.29. The topological polar surface area (TPSA) is 100 Å². The molecule has 0 spiro atoms. The van der Waals surface area contributed by atoms with Gasteiger partial charge in [0.25, 0.3) is 6.43 Å². The van der Waals surface area contributed by atoms with Gasteiger partial charge in [-0.25, -0.2) is 13.2 Å². The smallest absolute Gasteiger partial charge is 0.264 e. The van der Waals surface area contributed by atoms with Crippen molar-refractivity contribution in [2.75, 3.05) is 18.4 Å². The van der Waals surface area contributed by atoms with Crippen molar-refractivity contribution in [1.29, 1.82) is 0 Å². The van der Waals surface area contributed by atoms with Gasteiger partial charge in [-0.1, -0.05) is 36.4 Å². The van der Waals surface area contributed by atoms with Gasteiger partial charge in [-0.15, -0.1) is 5.10 Å². The zero-order chi connectivity index (χ0) is 37.4. The Kier molecular flexibility index (Phi) is 10.3. The lowest BCUT2D eigenvalue weighted by Crippen LogP contribution is -2.39. The normalized spacial score (nSPS) is 17.7. The van der Waals surface area contributed by atoms with E-state index in [0.29, 0.717) is 53.6 Å². The first kappa shape index (κ1) is 36.2. The van der Waals surface area contributed by atoms with Crippen LogP contribution in [0.25, 0.3) is 22.0 Å². The number of halogens is 3. The van der Waals surface area contributed by atoms with Crippen LogP contribution < -0.4 is 10.6 Å². The largest absolute Gasteiger partial charge is 0.362 e. The van der Waals surface area contributed by atoms with E-state index in [2.05, 4.69) is 44.8 Å². The van der Waals surface area contributed by atoms with Gasteiger partial charge in [0.1, 0.15) is 5.82 Å². The predicted octanol–water partition coefficient (Wildman–Crippen LogP) is 8.77. The van der Waals surface area contributed by atoms with E-state index < -0.39 is 6.43 Å². The number of anilines is 1. The van der Waals surface area contributed by atoms with Crippen molar-refractivity contribution in [3.63, 3.8) is 0 Å². The third kappa shape index (κ3) is 7.53. The number of likely N-dealkylation sites (tertiary alicyclic amines) is 1. The molecule has 7 rings (SSSR count). The second-order valence-electron chi connectivity index (χ2n) is 14.5. The van der Waals surface area contributed by atoms with Crippen LogP contribution in [0.5, 0.6) is 0 Å². The van der Waals surface area contributed by atoms with Gasteiger partial charge in [0.05, 0.1) is 23.3 Å². The third-order valence-corrected chi connectivity index (χ3v) is 11.0. The number of imide groups is 1. The minimum Gasteiger partial charge on any atom is -0.362 e. The molecule has 2 aliphatic rings. The maximum absolute atomic E-state index is 15.3. The summed E-state index contributed by atoms with van der Waals surface area (Å²) in [6.07, 6.45) is 1.95. The van der Waals surface area contributed by atoms with Gasteiger partial charge in [0, 0.05) is 46.6 Å². The van der Waals surface area contributed by atoms with Crippen molar-refractivity contribution < 1.29 is 22.8 Å². The molecule has 4 heterocycles. The van der Waals surface area contributed by atoms with Gasteiger partial charge in [-0.3, -0.25) is 24.8 Å². The number of carbonyl (C=O) groups is 2. The fourth-order valence-electron chi connectivity index (χ4n) is 7.98. The summed E-state index contributed by atoms with van der Waals surface area (Å²) in [4.78, 5) is 31.0. The SMILES string of the molecule is Cc1cc(C2CCC(=O)NC2=O)ccc1C1CCN(Cc2cc(-c3cc4c(NC(C)c5cccc(C(F)F)c5C)nnc(C)c4cn3)ccc2F)CC1. The number of aromatic nitrogens is 3. The quantitative estimate of drug-likeness (QED) is 0.147. The lowest BCUT2D eigenvalue weighted by Gasteiger charge is -2.33. The molecular formula is C42H43F3N6O2. The first-order valence-corrected chi connectivity index (χ1v) is 18.2. The fraction of sp³-hybridized carbons (Fsp3) is 0.357. The number of nitrogens with one attached hydrogen (secondary N) is 2. The second kappa shape index (κ2) is 15.1. The molecule has 2 aromatic heterocycles. The maximum atomic E-state index is 15.3. The highest BCUT2D eigenvalue weighted by molar-refractivity contribution is 6.01. The zero-order valence-corrected chi connectivity index (χ0v) is 30.3.